The van der Waals surface area contributed by atoms with Crippen LogP contribution in [0.25, 0.3) is 6.08 Å². The van der Waals surface area contributed by atoms with Gasteiger partial charge in [-0.25, -0.2) is 0 Å². The van der Waals surface area contributed by atoms with Crippen molar-refractivity contribution < 1.29 is 9.53 Å². The molecule has 0 fully saturated rings. The molecule has 4 heteroatoms. The van der Waals surface area contributed by atoms with Crippen LogP contribution in [0, 0.1) is 0 Å². The van der Waals surface area contributed by atoms with E-state index in [9.17, 15) is 4.79 Å². The van der Waals surface area contributed by atoms with Crippen LogP contribution >= 0.6 is 0 Å². The Hall–Kier alpha value is -2.23. The van der Waals surface area contributed by atoms with Crippen molar-refractivity contribution in [3.05, 3.63) is 42.5 Å². The summed E-state index contributed by atoms with van der Waals surface area (Å²) in [6.07, 6.45) is 4.98. The molecule has 0 aliphatic rings. The van der Waals surface area contributed by atoms with Gasteiger partial charge in [-0.05, 0) is 37.6 Å². The number of rotatable bonds is 7. The largest absolute Gasteiger partial charge is 0.487 e. The molecular weight excluding hydrogens is 252 g/mol. The molecule has 0 radical (unpaired) electrons. The highest BCUT2D eigenvalue weighted by molar-refractivity contribution is 5.91. The monoisotopic (exact) mass is 274 g/mol. The lowest BCUT2D eigenvalue weighted by Crippen LogP contribution is -2.28. The summed E-state index contributed by atoms with van der Waals surface area (Å²) < 4.78 is 5.40. The molecule has 108 valence electrons. The summed E-state index contributed by atoms with van der Waals surface area (Å²) in [5.41, 5.74) is 7.31. The Morgan fingerprint density at radius 3 is 2.65 bits per heavy atom. The van der Waals surface area contributed by atoms with E-state index in [4.69, 9.17) is 10.5 Å². The van der Waals surface area contributed by atoms with Gasteiger partial charge in [-0.15, -0.1) is 0 Å². The Labute approximate surface area is 120 Å². The summed E-state index contributed by atoms with van der Waals surface area (Å²) in [5, 5.41) is 0. The molecule has 0 aliphatic heterocycles. The predicted molar refractivity (Wildman–Crippen MR) is 83.5 cm³/mol. The average Bonchev–Trinajstić information content (AvgIpc) is 2.45. The summed E-state index contributed by atoms with van der Waals surface area (Å²) in [7, 11) is 0. The summed E-state index contributed by atoms with van der Waals surface area (Å²) in [4.78, 5) is 13.6. The minimum absolute atomic E-state index is 0.000514. The number of amides is 1. The molecule has 0 atom stereocenters. The van der Waals surface area contributed by atoms with Gasteiger partial charge in [0.2, 0.25) is 5.91 Å². The normalized spacial score (nSPS) is 10.5. The van der Waals surface area contributed by atoms with Crippen molar-refractivity contribution in [1.82, 2.24) is 4.90 Å². The van der Waals surface area contributed by atoms with E-state index < -0.39 is 0 Å². The Morgan fingerprint density at radius 2 is 2.10 bits per heavy atom. The molecule has 4 nitrogen and oxygen atoms in total. The highest BCUT2D eigenvalue weighted by Crippen LogP contribution is 2.23. The van der Waals surface area contributed by atoms with E-state index in [1.165, 1.54) is 0 Å². The van der Waals surface area contributed by atoms with Crippen LogP contribution in [0.4, 0.5) is 5.69 Å². The lowest BCUT2D eigenvalue weighted by Gasteiger charge is -2.15. The second-order valence-electron chi connectivity index (χ2n) is 4.24. The first-order chi connectivity index (χ1) is 9.62. The number of likely N-dealkylation sites (N-methyl/N-ethyl adjacent to an activating group) is 1. The van der Waals surface area contributed by atoms with Gasteiger partial charge in [-0.1, -0.05) is 18.7 Å². The first-order valence-electron chi connectivity index (χ1n) is 6.72. The van der Waals surface area contributed by atoms with Gasteiger partial charge in [-0.2, -0.15) is 0 Å². The van der Waals surface area contributed by atoms with Crippen molar-refractivity contribution >= 4 is 17.7 Å². The van der Waals surface area contributed by atoms with E-state index in [1.54, 1.807) is 35.3 Å². The number of nitrogens with zero attached hydrogens (tertiary/aromatic N) is 1. The number of benzene rings is 1. The molecule has 0 unspecified atom stereocenters. The number of carbonyl (C=O) groups excluding carboxylic acids is 1. The zero-order valence-electron chi connectivity index (χ0n) is 12.1. The number of nitrogen functional groups attached to an aromatic ring is 1. The maximum Gasteiger partial charge on any atom is 0.246 e. The SMILES string of the molecule is C=CCOc1ccc(/C=C\C(=O)N(CC)CC)cc1N. The van der Waals surface area contributed by atoms with Crippen molar-refractivity contribution in [3.63, 3.8) is 0 Å². The second kappa shape index (κ2) is 8.04. The van der Waals surface area contributed by atoms with Crippen molar-refractivity contribution in [2.24, 2.45) is 0 Å². The van der Waals surface area contributed by atoms with E-state index >= 15 is 0 Å². The molecule has 0 bridgehead atoms. The minimum atomic E-state index is 0.000514. The predicted octanol–water partition coefficient (Wildman–Crippen LogP) is 2.72. The number of nitrogens with two attached hydrogens (primary N) is 1. The number of carbonyl (C=O) groups is 1. The van der Waals surface area contributed by atoms with E-state index in [0.717, 1.165) is 5.56 Å². The van der Waals surface area contributed by atoms with Crippen molar-refractivity contribution in [1.29, 1.82) is 0 Å². The smallest absolute Gasteiger partial charge is 0.246 e. The van der Waals surface area contributed by atoms with Gasteiger partial charge >= 0.3 is 0 Å². The molecule has 1 amide bonds. The molecule has 0 saturated heterocycles. The Morgan fingerprint density at radius 1 is 1.40 bits per heavy atom. The number of ether oxygens (including phenoxy) is 1. The fraction of sp³-hybridized carbons (Fsp3) is 0.312. The number of anilines is 1. The molecule has 1 aromatic rings. The van der Waals surface area contributed by atoms with E-state index in [2.05, 4.69) is 6.58 Å². The van der Waals surface area contributed by atoms with Crippen molar-refractivity contribution in [2.75, 3.05) is 25.4 Å². The topological polar surface area (TPSA) is 55.6 Å². The van der Waals surface area contributed by atoms with Crippen LogP contribution < -0.4 is 10.5 Å². The Bertz CT molecular complexity index is 491. The molecule has 0 aliphatic carbocycles. The van der Waals surface area contributed by atoms with Crippen LogP contribution in [0.3, 0.4) is 0 Å². The Balaban J connectivity index is 2.76. The molecule has 0 aromatic heterocycles. The first-order valence-corrected chi connectivity index (χ1v) is 6.72. The van der Waals surface area contributed by atoms with E-state index in [0.29, 0.717) is 31.1 Å². The lowest BCUT2D eigenvalue weighted by atomic mass is 10.1. The maximum absolute atomic E-state index is 11.8. The van der Waals surface area contributed by atoms with Gasteiger partial charge in [0.05, 0.1) is 5.69 Å². The van der Waals surface area contributed by atoms with Crippen LogP contribution in [0.15, 0.2) is 36.9 Å². The second-order valence-corrected chi connectivity index (χ2v) is 4.24. The lowest BCUT2D eigenvalue weighted by molar-refractivity contribution is -0.125. The first kappa shape index (κ1) is 15.8. The van der Waals surface area contributed by atoms with Gasteiger partial charge in [0.15, 0.2) is 0 Å². The van der Waals surface area contributed by atoms with Crippen molar-refractivity contribution in [3.8, 4) is 5.75 Å². The highest BCUT2D eigenvalue weighted by Gasteiger charge is 2.05. The maximum atomic E-state index is 11.8. The molecule has 1 rings (SSSR count). The summed E-state index contributed by atoms with van der Waals surface area (Å²) in [6, 6.07) is 5.44. The van der Waals surface area contributed by atoms with Crippen LogP contribution in [0.2, 0.25) is 0 Å². The quantitative estimate of drug-likeness (QED) is 0.472. The van der Waals surface area contributed by atoms with Crippen LogP contribution in [-0.4, -0.2) is 30.5 Å². The van der Waals surface area contributed by atoms with Gasteiger partial charge in [0, 0.05) is 19.2 Å². The van der Waals surface area contributed by atoms with E-state index in [-0.39, 0.29) is 5.91 Å². The minimum Gasteiger partial charge on any atom is -0.487 e. The standard InChI is InChI=1S/C16H22N2O2/c1-4-11-20-15-9-7-13(12-14(15)17)8-10-16(19)18(5-2)6-3/h4,7-10,12H,1,5-6,11,17H2,2-3H3/b10-8-. The molecule has 0 saturated carbocycles. The molecular formula is C16H22N2O2. The summed E-state index contributed by atoms with van der Waals surface area (Å²) in [6.45, 7) is 9.33. The van der Waals surface area contributed by atoms with Gasteiger partial charge in [0.25, 0.3) is 0 Å². The third-order valence-electron chi connectivity index (χ3n) is 2.88. The molecule has 0 heterocycles. The van der Waals surface area contributed by atoms with Gasteiger partial charge in [-0.3, -0.25) is 4.79 Å². The zero-order chi connectivity index (χ0) is 15.0. The van der Waals surface area contributed by atoms with Gasteiger partial charge in [0.1, 0.15) is 12.4 Å². The number of hydrogen-bond donors (Lipinski definition) is 1. The third-order valence-corrected chi connectivity index (χ3v) is 2.88. The van der Waals surface area contributed by atoms with Crippen LogP contribution in [0.5, 0.6) is 5.75 Å². The summed E-state index contributed by atoms with van der Waals surface area (Å²) in [5.74, 6) is 0.623. The highest BCUT2D eigenvalue weighted by atomic mass is 16.5. The molecule has 20 heavy (non-hydrogen) atoms. The summed E-state index contributed by atoms with van der Waals surface area (Å²) >= 11 is 0. The fourth-order valence-corrected chi connectivity index (χ4v) is 1.76. The van der Waals surface area contributed by atoms with Crippen molar-refractivity contribution in [2.45, 2.75) is 13.8 Å². The Kier molecular flexibility index (Phi) is 6.37. The molecule has 2 N–H and O–H groups in total. The average molecular weight is 274 g/mol. The number of hydrogen-bond acceptors (Lipinski definition) is 3. The van der Waals surface area contributed by atoms with Crippen LogP contribution in [0.1, 0.15) is 19.4 Å². The molecule has 1 aromatic carbocycles. The third kappa shape index (κ3) is 4.46. The fourth-order valence-electron chi connectivity index (χ4n) is 1.76. The van der Waals surface area contributed by atoms with Gasteiger partial charge < -0.3 is 15.4 Å². The van der Waals surface area contributed by atoms with E-state index in [1.807, 2.05) is 19.9 Å². The van der Waals surface area contributed by atoms with Crippen LogP contribution in [-0.2, 0) is 4.79 Å². The zero-order valence-corrected chi connectivity index (χ0v) is 12.1. The molecule has 0 spiro atoms.